The highest BCUT2D eigenvalue weighted by Gasteiger charge is 2.22. The molecule has 0 heterocycles. The normalized spacial score (nSPS) is 27.1. The lowest BCUT2D eigenvalue weighted by Gasteiger charge is -2.28. The van der Waals surface area contributed by atoms with Gasteiger partial charge in [0.25, 0.3) is 0 Å². The fourth-order valence-corrected chi connectivity index (χ4v) is 3.67. The standard InChI is InChI=1S/C13H27NO3S/c1-3-5-12(10-18(14,15)16)9-17-13-7-4-6-11(2)8-13/h11-13H,3-10H2,1-2H3,(H2,14,15,16). The number of hydrogen-bond acceptors (Lipinski definition) is 3. The maximum absolute atomic E-state index is 11.1. The minimum absolute atomic E-state index is 0.0437. The first-order valence-corrected chi connectivity index (χ1v) is 8.74. The third kappa shape index (κ3) is 6.71. The van der Waals surface area contributed by atoms with Gasteiger partial charge in [0, 0.05) is 0 Å². The van der Waals surface area contributed by atoms with E-state index in [4.69, 9.17) is 9.88 Å². The van der Waals surface area contributed by atoms with Crippen LogP contribution in [0.3, 0.4) is 0 Å². The largest absolute Gasteiger partial charge is 0.378 e. The van der Waals surface area contributed by atoms with Gasteiger partial charge in [-0.15, -0.1) is 0 Å². The molecule has 18 heavy (non-hydrogen) atoms. The van der Waals surface area contributed by atoms with E-state index in [2.05, 4.69) is 13.8 Å². The van der Waals surface area contributed by atoms with Crippen molar-refractivity contribution in [3.8, 4) is 0 Å². The van der Waals surface area contributed by atoms with E-state index in [1.165, 1.54) is 12.8 Å². The number of hydrogen-bond donors (Lipinski definition) is 1. The lowest BCUT2D eigenvalue weighted by Crippen LogP contribution is -2.29. The average Bonchev–Trinajstić information content (AvgIpc) is 2.24. The summed E-state index contributed by atoms with van der Waals surface area (Å²) in [6.45, 7) is 4.84. The van der Waals surface area contributed by atoms with Crippen LogP contribution in [-0.2, 0) is 14.8 Å². The molecular formula is C13H27NO3S. The molecule has 3 atom stereocenters. The Balaban J connectivity index is 2.36. The second-order valence-electron chi connectivity index (χ2n) is 5.71. The molecule has 0 aliphatic heterocycles. The topological polar surface area (TPSA) is 69.4 Å². The Morgan fingerprint density at radius 1 is 1.39 bits per heavy atom. The van der Waals surface area contributed by atoms with Crippen molar-refractivity contribution in [3.63, 3.8) is 0 Å². The summed E-state index contributed by atoms with van der Waals surface area (Å²) in [5, 5.41) is 5.11. The Kier molecular flexibility index (Phi) is 6.60. The molecule has 5 heteroatoms. The van der Waals surface area contributed by atoms with Crippen LogP contribution >= 0.6 is 0 Å². The molecule has 0 bridgehead atoms. The minimum Gasteiger partial charge on any atom is -0.378 e. The third-order valence-electron chi connectivity index (χ3n) is 3.62. The van der Waals surface area contributed by atoms with Gasteiger partial charge in [-0.25, -0.2) is 13.6 Å². The van der Waals surface area contributed by atoms with Crippen LogP contribution in [-0.4, -0.2) is 26.9 Å². The fraction of sp³-hybridized carbons (Fsp3) is 1.00. The maximum Gasteiger partial charge on any atom is 0.209 e. The monoisotopic (exact) mass is 277 g/mol. The molecule has 0 saturated heterocycles. The molecule has 1 rings (SSSR count). The van der Waals surface area contributed by atoms with Crippen molar-refractivity contribution in [2.45, 2.75) is 58.5 Å². The van der Waals surface area contributed by atoms with Crippen molar-refractivity contribution in [2.24, 2.45) is 17.0 Å². The van der Waals surface area contributed by atoms with Crippen LogP contribution in [0.4, 0.5) is 0 Å². The maximum atomic E-state index is 11.1. The van der Waals surface area contributed by atoms with Crippen molar-refractivity contribution in [1.29, 1.82) is 0 Å². The second kappa shape index (κ2) is 7.46. The zero-order valence-corrected chi connectivity index (χ0v) is 12.4. The molecule has 1 aliphatic rings. The summed E-state index contributed by atoms with van der Waals surface area (Å²) < 4.78 is 28.2. The number of rotatable bonds is 7. The molecule has 0 amide bonds. The van der Waals surface area contributed by atoms with Crippen LogP contribution in [0.25, 0.3) is 0 Å². The summed E-state index contributed by atoms with van der Waals surface area (Å²) in [5.41, 5.74) is 0. The number of primary sulfonamides is 1. The van der Waals surface area contributed by atoms with Crippen LogP contribution < -0.4 is 5.14 Å². The molecular weight excluding hydrogens is 250 g/mol. The van der Waals surface area contributed by atoms with Gasteiger partial charge in [0.1, 0.15) is 0 Å². The summed E-state index contributed by atoms with van der Waals surface area (Å²) in [5.74, 6) is 0.817. The van der Waals surface area contributed by atoms with E-state index in [0.29, 0.717) is 12.7 Å². The van der Waals surface area contributed by atoms with Crippen molar-refractivity contribution >= 4 is 10.0 Å². The molecule has 0 spiro atoms. The lowest BCUT2D eigenvalue weighted by molar-refractivity contribution is -0.00118. The van der Waals surface area contributed by atoms with Crippen molar-refractivity contribution in [2.75, 3.05) is 12.4 Å². The van der Waals surface area contributed by atoms with Gasteiger partial charge < -0.3 is 4.74 Å². The molecule has 0 radical (unpaired) electrons. The van der Waals surface area contributed by atoms with E-state index in [0.717, 1.165) is 31.6 Å². The van der Waals surface area contributed by atoms with E-state index in [9.17, 15) is 8.42 Å². The van der Waals surface area contributed by atoms with Gasteiger partial charge in [-0.3, -0.25) is 0 Å². The van der Waals surface area contributed by atoms with Gasteiger partial charge in [-0.1, -0.05) is 33.1 Å². The van der Waals surface area contributed by atoms with Gasteiger partial charge in [0.15, 0.2) is 0 Å². The van der Waals surface area contributed by atoms with Gasteiger partial charge in [-0.05, 0) is 31.1 Å². The number of ether oxygens (including phenoxy) is 1. The van der Waals surface area contributed by atoms with Crippen molar-refractivity contribution in [3.05, 3.63) is 0 Å². The fourth-order valence-electron chi connectivity index (χ4n) is 2.75. The molecule has 3 unspecified atom stereocenters. The summed E-state index contributed by atoms with van der Waals surface area (Å²) >= 11 is 0. The Morgan fingerprint density at radius 2 is 2.11 bits per heavy atom. The van der Waals surface area contributed by atoms with Gasteiger partial charge in [-0.2, -0.15) is 0 Å². The van der Waals surface area contributed by atoms with E-state index >= 15 is 0 Å². The van der Waals surface area contributed by atoms with Crippen molar-refractivity contribution < 1.29 is 13.2 Å². The average molecular weight is 277 g/mol. The molecule has 108 valence electrons. The molecule has 4 nitrogen and oxygen atoms in total. The van der Waals surface area contributed by atoms with Crippen LogP contribution in [0.2, 0.25) is 0 Å². The third-order valence-corrected chi connectivity index (χ3v) is 4.56. The second-order valence-corrected chi connectivity index (χ2v) is 7.37. The SMILES string of the molecule is CCCC(COC1CCCC(C)C1)CS(N)(=O)=O. The Bertz CT molecular complexity index is 329. The highest BCUT2D eigenvalue weighted by atomic mass is 32.2. The first-order chi connectivity index (χ1) is 8.40. The lowest BCUT2D eigenvalue weighted by atomic mass is 9.88. The molecule has 2 N–H and O–H groups in total. The van der Waals surface area contributed by atoms with E-state index in [-0.39, 0.29) is 11.7 Å². The smallest absolute Gasteiger partial charge is 0.209 e. The summed E-state index contributed by atoms with van der Waals surface area (Å²) in [6.07, 6.45) is 6.86. The highest BCUT2D eigenvalue weighted by molar-refractivity contribution is 7.89. The molecule has 1 fully saturated rings. The van der Waals surface area contributed by atoms with Gasteiger partial charge in [0.2, 0.25) is 10.0 Å². The first kappa shape index (κ1) is 15.9. The summed E-state index contributed by atoms with van der Waals surface area (Å²) in [4.78, 5) is 0. The zero-order chi connectivity index (χ0) is 13.6. The molecule has 1 saturated carbocycles. The highest BCUT2D eigenvalue weighted by Crippen LogP contribution is 2.26. The molecule has 0 aromatic rings. The van der Waals surface area contributed by atoms with Gasteiger partial charge >= 0.3 is 0 Å². The number of nitrogens with two attached hydrogens (primary N) is 1. The quantitative estimate of drug-likeness (QED) is 0.776. The molecule has 0 aromatic carbocycles. The number of sulfonamides is 1. The first-order valence-electron chi connectivity index (χ1n) is 7.02. The Hall–Kier alpha value is -0.130. The van der Waals surface area contributed by atoms with Gasteiger partial charge in [0.05, 0.1) is 18.5 Å². The van der Waals surface area contributed by atoms with Crippen LogP contribution in [0.5, 0.6) is 0 Å². The van der Waals surface area contributed by atoms with E-state index in [1.807, 2.05) is 0 Å². The predicted molar refractivity (Wildman–Crippen MR) is 73.7 cm³/mol. The van der Waals surface area contributed by atoms with Crippen LogP contribution in [0.15, 0.2) is 0 Å². The van der Waals surface area contributed by atoms with E-state index < -0.39 is 10.0 Å². The van der Waals surface area contributed by atoms with Crippen LogP contribution in [0, 0.1) is 11.8 Å². The van der Waals surface area contributed by atoms with Crippen LogP contribution in [0.1, 0.15) is 52.4 Å². The molecule has 1 aliphatic carbocycles. The minimum atomic E-state index is -3.39. The molecule has 0 aromatic heterocycles. The summed E-state index contributed by atoms with van der Waals surface area (Å²) in [6, 6.07) is 0. The zero-order valence-electron chi connectivity index (χ0n) is 11.6. The predicted octanol–water partition coefficient (Wildman–Crippen LogP) is 2.29. The Morgan fingerprint density at radius 3 is 2.67 bits per heavy atom. The summed E-state index contributed by atoms with van der Waals surface area (Å²) in [7, 11) is -3.39. The van der Waals surface area contributed by atoms with Crippen molar-refractivity contribution in [1.82, 2.24) is 0 Å². The Labute approximate surface area is 111 Å². The van der Waals surface area contributed by atoms with E-state index in [1.54, 1.807) is 0 Å².